The van der Waals surface area contributed by atoms with Crippen LogP contribution in [0, 0.1) is 6.92 Å². The second-order valence-electron chi connectivity index (χ2n) is 4.54. The second kappa shape index (κ2) is 7.10. The summed E-state index contributed by atoms with van der Waals surface area (Å²) in [4.78, 5) is 15.8. The fourth-order valence-corrected chi connectivity index (χ4v) is 2.86. The van der Waals surface area contributed by atoms with Crippen molar-refractivity contribution in [3.63, 3.8) is 0 Å². The molecule has 3 nitrogen and oxygen atoms in total. The Labute approximate surface area is 123 Å². The lowest BCUT2D eigenvalue weighted by molar-refractivity contribution is 0.0963. The summed E-state index contributed by atoms with van der Waals surface area (Å²) >= 11 is 1.83. The molecule has 1 N–H and O–H groups in total. The van der Waals surface area contributed by atoms with Crippen LogP contribution >= 0.6 is 11.8 Å². The van der Waals surface area contributed by atoms with E-state index in [0.717, 1.165) is 17.2 Å². The lowest BCUT2D eigenvalue weighted by Gasteiger charge is -2.05. The van der Waals surface area contributed by atoms with Crippen LogP contribution in [0.25, 0.3) is 0 Å². The largest absolute Gasteiger partial charge is 0.355 e. The van der Waals surface area contributed by atoms with Gasteiger partial charge in [0.1, 0.15) is 0 Å². The number of hydrogen-bond acceptors (Lipinski definition) is 3. The first kappa shape index (κ1) is 14.6. The normalized spacial score (nSPS) is 10.3. The summed E-state index contributed by atoms with van der Waals surface area (Å²) < 4.78 is 0. The third kappa shape index (κ3) is 3.84. The van der Waals surface area contributed by atoms with Gasteiger partial charge in [0.2, 0.25) is 0 Å². The van der Waals surface area contributed by atoms with Gasteiger partial charge in [0, 0.05) is 30.3 Å². The first-order valence-electron chi connectivity index (χ1n) is 6.50. The van der Waals surface area contributed by atoms with E-state index in [9.17, 15) is 4.79 Å². The minimum Gasteiger partial charge on any atom is -0.355 e. The molecule has 0 fully saturated rings. The molecule has 0 spiro atoms. The molecule has 104 valence electrons. The predicted octanol–water partition coefficient (Wildman–Crippen LogP) is 3.18. The number of hydrogen-bond donors (Lipinski definition) is 1. The molecule has 0 aliphatic rings. The summed E-state index contributed by atoms with van der Waals surface area (Å²) in [5.74, 6) is 1.78. The molecule has 0 aliphatic heterocycles. The van der Waals surface area contributed by atoms with Crippen molar-refractivity contribution in [2.75, 3.05) is 7.05 Å². The Morgan fingerprint density at radius 1 is 1.20 bits per heavy atom. The van der Waals surface area contributed by atoms with Gasteiger partial charge < -0.3 is 5.32 Å². The molecular formula is C16H18N2OS. The predicted molar refractivity (Wildman–Crippen MR) is 83.8 cm³/mol. The summed E-state index contributed by atoms with van der Waals surface area (Å²) in [7, 11) is 1.64. The fraction of sp³-hybridized carbons (Fsp3) is 0.250. The van der Waals surface area contributed by atoms with Crippen LogP contribution in [0.15, 0.2) is 42.6 Å². The molecule has 0 unspecified atom stereocenters. The lowest BCUT2D eigenvalue weighted by atomic mass is 10.1. The van der Waals surface area contributed by atoms with E-state index in [2.05, 4.69) is 23.3 Å². The first-order valence-corrected chi connectivity index (χ1v) is 7.65. The first-order chi connectivity index (χ1) is 9.70. The van der Waals surface area contributed by atoms with Gasteiger partial charge in [0.05, 0.1) is 5.69 Å². The van der Waals surface area contributed by atoms with Crippen LogP contribution in [0.5, 0.6) is 0 Å². The average Bonchev–Trinajstić information content (AvgIpc) is 2.49. The number of rotatable bonds is 5. The zero-order chi connectivity index (χ0) is 14.4. The molecule has 0 radical (unpaired) electrons. The molecule has 0 atom stereocenters. The molecule has 4 heteroatoms. The molecule has 2 aromatic rings. The van der Waals surface area contributed by atoms with Crippen molar-refractivity contribution in [3.8, 4) is 0 Å². The fourth-order valence-electron chi connectivity index (χ4n) is 1.83. The third-order valence-corrected chi connectivity index (χ3v) is 4.08. The number of amides is 1. The number of nitrogens with one attached hydrogen (secondary N) is 1. The zero-order valence-electron chi connectivity index (χ0n) is 11.7. The summed E-state index contributed by atoms with van der Waals surface area (Å²) in [6, 6.07) is 11.8. The van der Waals surface area contributed by atoms with Crippen LogP contribution in [0.1, 0.15) is 27.2 Å². The van der Waals surface area contributed by atoms with Crippen molar-refractivity contribution in [2.24, 2.45) is 0 Å². The third-order valence-electron chi connectivity index (χ3n) is 3.07. The van der Waals surface area contributed by atoms with Crippen molar-refractivity contribution in [1.29, 1.82) is 0 Å². The Balaban J connectivity index is 1.88. The van der Waals surface area contributed by atoms with Gasteiger partial charge in [-0.3, -0.25) is 9.78 Å². The van der Waals surface area contributed by atoms with Crippen LogP contribution in [-0.4, -0.2) is 17.9 Å². The number of aromatic nitrogens is 1. The van der Waals surface area contributed by atoms with Gasteiger partial charge in [0.25, 0.3) is 5.91 Å². The highest BCUT2D eigenvalue weighted by Gasteiger charge is 2.03. The van der Waals surface area contributed by atoms with Crippen molar-refractivity contribution >= 4 is 17.7 Å². The highest BCUT2D eigenvalue weighted by atomic mass is 32.2. The van der Waals surface area contributed by atoms with Crippen LogP contribution in [0.4, 0.5) is 0 Å². The van der Waals surface area contributed by atoms with Gasteiger partial charge >= 0.3 is 0 Å². The highest BCUT2D eigenvalue weighted by molar-refractivity contribution is 7.97. The molecule has 0 aliphatic carbocycles. The monoisotopic (exact) mass is 286 g/mol. The maximum atomic E-state index is 11.4. The Bertz CT molecular complexity index is 581. The Morgan fingerprint density at radius 2 is 1.95 bits per heavy atom. The van der Waals surface area contributed by atoms with Gasteiger partial charge in [-0.2, -0.15) is 11.8 Å². The van der Waals surface area contributed by atoms with Gasteiger partial charge in [-0.05, 0) is 36.2 Å². The number of pyridine rings is 1. The second-order valence-corrected chi connectivity index (χ2v) is 5.52. The zero-order valence-corrected chi connectivity index (χ0v) is 12.5. The molecule has 2 rings (SSSR count). The van der Waals surface area contributed by atoms with E-state index in [0.29, 0.717) is 5.56 Å². The number of nitrogens with zero attached hydrogens (tertiary/aromatic N) is 1. The molecule has 20 heavy (non-hydrogen) atoms. The summed E-state index contributed by atoms with van der Waals surface area (Å²) in [6.07, 6.45) is 1.83. The van der Waals surface area contributed by atoms with Gasteiger partial charge in [-0.15, -0.1) is 0 Å². The van der Waals surface area contributed by atoms with E-state index >= 15 is 0 Å². The summed E-state index contributed by atoms with van der Waals surface area (Å²) in [5.41, 5.74) is 4.28. The number of aryl methyl sites for hydroxylation is 1. The topological polar surface area (TPSA) is 42.0 Å². The minimum absolute atomic E-state index is 0.0479. The molecule has 1 aromatic heterocycles. The standard InChI is InChI=1S/C16H18N2OS/c1-12-4-3-9-18-15(12)11-20-10-13-5-7-14(8-6-13)16(19)17-2/h3-9H,10-11H2,1-2H3,(H,17,19). The lowest BCUT2D eigenvalue weighted by Crippen LogP contribution is -2.17. The quantitative estimate of drug-likeness (QED) is 0.918. The van der Waals surface area contributed by atoms with Crippen LogP contribution in [0.3, 0.4) is 0 Å². The number of thioether (sulfide) groups is 1. The van der Waals surface area contributed by atoms with Crippen molar-refractivity contribution in [2.45, 2.75) is 18.4 Å². The van der Waals surface area contributed by atoms with E-state index in [4.69, 9.17) is 0 Å². The average molecular weight is 286 g/mol. The van der Waals surface area contributed by atoms with Crippen LogP contribution in [-0.2, 0) is 11.5 Å². The maximum Gasteiger partial charge on any atom is 0.251 e. The Morgan fingerprint density at radius 3 is 2.60 bits per heavy atom. The molecular weight excluding hydrogens is 268 g/mol. The molecule has 1 aromatic carbocycles. The summed E-state index contributed by atoms with van der Waals surface area (Å²) in [5, 5.41) is 2.62. The SMILES string of the molecule is CNC(=O)c1ccc(CSCc2ncccc2C)cc1. The molecule has 0 saturated heterocycles. The minimum atomic E-state index is -0.0479. The number of carbonyl (C=O) groups is 1. The maximum absolute atomic E-state index is 11.4. The van der Waals surface area contributed by atoms with Gasteiger partial charge in [-0.1, -0.05) is 18.2 Å². The van der Waals surface area contributed by atoms with Crippen molar-refractivity contribution in [1.82, 2.24) is 10.3 Å². The van der Waals surface area contributed by atoms with E-state index in [1.807, 2.05) is 48.3 Å². The van der Waals surface area contributed by atoms with E-state index in [1.54, 1.807) is 7.05 Å². The molecule has 1 heterocycles. The highest BCUT2D eigenvalue weighted by Crippen LogP contribution is 2.18. The molecule has 0 bridgehead atoms. The smallest absolute Gasteiger partial charge is 0.251 e. The van der Waals surface area contributed by atoms with Crippen LogP contribution in [0.2, 0.25) is 0 Å². The Kier molecular flexibility index (Phi) is 5.18. The van der Waals surface area contributed by atoms with E-state index in [-0.39, 0.29) is 5.91 Å². The van der Waals surface area contributed by atoms with Gasteiger partial charge in [-0.25, -0.2) is 0 Å². The van der Waals surface area contributed by atoms with Crippen LogP contribution < -0.4 is 5.32 Å². The van der Waals surface area contributed by atoms with Gasteiger partial charge in [0.15, 0.2) is 0 Å². The van der Waals surface area contributed by atoms with E-state index < -0.39 is 0 Å². The number of carbonyl (C=O) groups excluding carboxylic acids is 1. The number of benzene rings is 1. The molecule has 1 amide bonds. The van der Waals surface area contributed by atoms with Crippen molar-refractivity contribution < 1.29 is 4.79 Å². The molecule has 0 saturated carbocycles. The Hall–Kier alpha value is -1.81. The van der Waals surface area contributed by atoms with E-state index in [1.165, 1.54) is 11.1 Å². The van der Waals surface area contributed by atoms with Crippen molar-refractivity contribution in [3.05, 3.63) is 65.0 Å². The summed E-state index contributed by atoms with van der Waals surface area (Å²) in [6.45, 7) is 2.08.